The van der Waals surface area contributed by atoms with Crippen LogP contribution in [0.5, 0.6) is 0 Å². The van der Waals surface area contributed by atoms with Crippen molar-refractivity contribution in [2.45, 2.75) is 26.1 Å². The second-order valence-corrected chi connectivity index (χ2v) is 4.50. The van der Waals surface area contributed by atoms with Crippen molar-refractivity contribution < 1.29 is 13.2 Å². The van der Waals surface area contributed by atoms with Gasteiger partial charge in [0.25, 0.3) is 5.56 Å². The summed E-state index contributed by atoms with van der Waals surface area (Å²) in [6.45, 7) is 2.04. The van der Waals surface area contributed by atoms with E-state index in [2.05, 4.69) is 25.9 Å². The van der Waals surface area contributed by atoms with Crippen molar-refractivity contribution in [3.63, 3.8) is 0 Å². The molecule has 0 aliphatic heterocycles. The van der Waals surface area contributed by atoms with Crippen LogP contribution in [0.4, 0.5) is 19.0 Å². The lowest BCUT2D eigenvalue weighted by Crippen LogP contribution is -2.40. The van der Waals surface area contributed by atoms with Crippen LogP contribution in [-0.4, -0.2) is 28.7 Å². The maximum atomic E-state index is 12.4. The van der Waals surface area contributed by atoms with Gasteiger partial charge < -0.3 is 9.88 Å². The van der Waals surface area contributed by atoms with Gasteiger partial charge >= 0.3 is 6.18 Å². The summed E-state index contributed by atoms with van der Waals surface area (Å²) in [5.74, 6) is -0.0129. The number of hydrogen-bond acceptors (Lipinski definition) is 3. The zero-order valence-electron chi connectivity index (χ0n) is 9.18. The molecule has 1 N–H and O–H groups in total. The molecule has 0 spiro atoms. The lowest BCUT2D eigenvalue weighted by Gasteiger charge is -2.29. The molecule has 1 heterocycles. The molecule has 0 fully saturated rings. The van der Waals surface area contributed by atoms with Gasteiger partial charge in [-0.05, 0) is 29.8 Å². The highest BCUT2D eigenvalue weighted by Gasteiger charge is 2.33. The first-order chi connectivity index (χ1) is 7.72. The summed E-state index contributed by atoms with van der Waals surface area (Å²) in [6, 6.07) is -0.428. The number of nitrogens with one attached hydrogen (secondary N) is 1. The Labute approximate surface area is 104 Å². The second kappa shape index (κ2) is 5.07. The number of halogens is 4. The Balaban J connectivity index is 3.15. The van der Waals surface area contributed by atoms with Gasteiger partial charge in [0.2, 0.25) is 0 Å². The van der Waals surface area contributed by atoms with E-state index in [0.717, 1.165) is 11.2 Å². The van der Waals surface area contributed by atoms with Crippen molar-refractivity contribution >= 4 is 21.7 Å². The van der Waals surface area contributed by atoms with Crippen molar-refractivity contribution in [3.05, 3.63) is 21.2 Å². The van der Waals surface area contributed by atoms with Crippen molar-refractivity contribution in [1.29, 1.82) is 0 Å². The van der Waals surface area contributed by atoms with Gasteiger partial charge in [-0.2, -0.15) is 13.2 Å². The normalized spacial score (nSPS) is 11.9. The molecule has 0 bridgehead atoms. The third kappa shape index (κ3) is 3.72. The molecule has 17 heavy (non-hydrogen) atoms. The monoisotopic (exact) mass is 313 g/mol. The maximum absolute atomic E-state index is 12.4. The van der Waals surface area contributed by atoms with Gasteiger partial charge in [0.05, 0.1) is 6.33 Å². The molecule has 0 aliphatic carbocycles. The molecule has 0 saturated heterocycles. The lowest BCUT2D eigenvalue weighted by atomic mass is 10.3. The molecule has 0 aliphatic rings. The summed E-state index contributed by atoms with van der Waals surface area (Å²) in [6.07, 6.45) is -3.28. The fourth-order valence-electron chi connectivity index (χ4n) is 1.27. The molecular weight excluding hydrogens is 303 g/mol. The highest BCUT2D eigenvalue weighted by molar-refractivity contribution is 9.10. The Kier molecular flexibility index (Phi) is 4.18. The molecule has 0 atom stereocenters. The first-order valence-corrected chi connectivity index (χ1v) is 5.58. The fraction of sp³-hybridized carbons (Fsp3) is 0.556. The van der Waals surface area contributed by atoms with Gasteiger partial charge in [0, 0.05) is 6.04 Å². The summed E-state index contributed by atoms with van der Waals surface area (Å²) >= 11 is 2.94. The third-order valence-electron chi connectivity index (χ3n) is 2.02. The number of anilines is 1. The summed E-state index contributed by atoms with van der Waals surface area (Å²) in [7, 11) is 0. The fourth-order valence-corrected chi connectivity index (χ4v) is 1.71. The van der Waals surface area contributed by atoms with Gasteiger partial charge in [-0.1, -0.05) is 0 Å². The molecule has 0 amide bonds. The van der Waals surface area contributed by atoms with Crippen LogP contribution in [0.3, 0.4) is 0 Å². The summed E-state index contributed by atoms with van der Waals surface area (Å²) in [5.41, 5.74) is -0.511. The zero-order chi connectivity index (χ0) is 13.2. The zero-order valence-corrected chi connectivity index (χ0v) is 10.8. The van der Waals surface area contributed by atoms with Gasteiger partial charge in [0.15, 0.2) is 5.82 Å². The van der Waals surface area contributed by atoms with Crippen LogP contribution in [0.1, 0.15) is 13.8 Å². The molecule has 1 rings (SSSR count). The standard InChI is InChI=1S/C9H11BrF3N3O/c1-5(2)16(3-9(11,12)13)7-6(10)8(17)15-4-14-7/h4-5H,3H2,1-2H3,(H,14,15,17). The average Bonchev–Trinajstić information content (AvgIpc) is 2.17. The molecule has 96 valence electrons. The number of H-pyrrole nitrogens is 1. The number of rotatable bonds is 3. The topological polar surface area (TPSA) is 49.0 Å². The number of alkyl halides is 3. The first-order valence-electron chi connectivity index (χ1n) is 4.79. The molecule has 1 aromatic rings. The predicted octanol–water partition coefficient (Wildman–Crippen LogP) is 2.31. The van der Waals surface area contributed by atoms with Crippen LogP contribution in [0.2, 0.25) is 0 Å². The van der Waals surface area contributed by atoms with Crippen molar-refractivity contribution in [2.75, 3.05) is 11.4 Å². The molecule has 8 heteroatoms. The minimum Gasteiger partial charge on any atom is -0.344 e. The molecule has 0 aromatic carbocycles. The Bertz CT molecular complexity index is 444. The van der Waals surface area contributed by atoms with E-state index in [-0.39, 0.29) is 10.3 Å². The lowest BCUT2D eigenvalue weighted by molar-refractivity contribution is -0.120. The van der Waals surface area contributed by atoms with Gasteiger partial charge in [-0.25, -0.2) is 4.98 Å². The van der Waals surface area contributed by atoms with E-state index in [4.69, 9.17) is 0 Å². The van der Waals surface area contributed by atoms with E-state index in [1.165, 1.54) is 0 Å². The first kappa shape index (κ1) is 14.0. The van der Waals surface area contributed by atoms with E-state index >= 15 is 0 Å². The van der Waals surface area contributed by atoms with Crippen LogP contribution < -0.4 is 10.5 Å². The maximum Gasteiger partial charge on any atom is 0.405 e. The molecule has 0 radical (unpaired) electrons. The highest BCUT2D eigenvalue weighted by atomic mass is 79.9. The molecule has 1 aromatic heterocycles. The van der Waals surface area contributed by atoms with E-state index in [1.807, 2.05) is 0 Å². The van der Waals surface area contributed by atoms with Crippen LogP contribution in [0, 0.1) is 0 Å². The number of nitrogens with zero attached hydrogens (tertiary/aromatic N) is 2. The Morgan fingerprint density at radius 2 is 2.12 bits per heavy atom. The summed E-state index contributed by atoms with van der Waals surface area (Å²) in [5, 5.41) is 0. The largest absolute Gasteiger partial charge is 0.405 e. The highest BCUT2D eigenvalue weighted by Crippen LogP contribution is 2.26. The minimum atomic E-state index is -4.35. The van der Waals surface area contributed by atoms with Crippen LogP contribution >= 0.6 is 15.9 Å². The second-order valence-electron chi connectivity index (χ2n) is 3.71. The Morgan fingerprint density at radius 1 is 1.53 bits per heavy atom. The van der Waals surface area contributed by atoms with Crippen LogP contribution in [0.15, 0.2) is 15.6 Å². The molecule has 0 saturated carbocycles. The summed E-state index contributed by atoms with van der Waals surface area (Å²) < 4.78 is 37.2. The van der Waals surface area contributed by atoms with Crippen LogP contribution in [-0.2, 0) is 0 Å². The predicted molar refractivity (Wildman–Crippen MR) is 61.1 cm³/mol. The molecule has 0 unspecified atom stereocenters. The Hall–Kier alpha value is -1.05. The SMILES string of the molecule is CC(C)N(CC(F)(F)F)c1nc[nH]c(=O)c1Br. The average molecular weight is 314 g/mol. The van der Waals surface area contributed by atoms with Crippen molar-refractivity contribution in [2.24, 2.45) is 0 Å². The molecule has 4 nitrogen and oxygen atoms in total. The van der Waals surface area contributed by atoms with Crippen LogP contribution in [0.25, 0.3) is 0 Å². The smallest absolute Gasteiger partial charge is 0.344 e. The number of hydrogen-bond donors (Lipinski definition) is 1. The van der Waals surface area contributed by atoms with Crippen molar-refractivity contribution in [1.82, 2.24) is 9.97 Å². The quantitative estimate of drug-likeness (QED) is 0.931. The summed E-state index contributed by atoms with van der Waals surface area (Å²) in [4.78, 5) is 18.3. The Morgan fingerprint density at radius 3 is 2.59 bits per heavy atom. The van der Waals surface area contributed by atoms with Gasteiger partial charge in [-0.15, -0.1) is 0 Å². The van der Waals surface area contributed by atoms with E-state index < -0.39 is 24.3 Å². The molecular formula is C9H11BrF3N3O. The number of aromatic amines is 1. The third-order valence-corrected chi connectivity index (χ3v) is 2.74. The van der Waals surface area contributed by atoms with Gasteiger partial charge in [0.1, 0.15) is 11.0 Å². The van der Waals surface area contributed by atoms with E-state index in [1.54, 1.807) is 13.8 Å². The number of aromatic nitrogens is 2. The van der Waals surface area contributed by atoms with Crippen molar-refractivity contribution in [3.8, 4) is 0 Å². The minimum absolute atomic E-state index is 0.00190. The van der Waals surface area contributed by atoms with E-state index in [0.29, 0.717) is 0 Å². The van der Waals surface area contributed by atoms with Gasteiger partial charge in [-0.3, -0.25) is 4.79 Å². The van der Waals surface area contributed by atoms with E-state index in [9.17, 15) is 18.0 Å².